The van der Waals surface area contributed by atoms with Crippen LogP contribution in [0.1, 0.15) is 37.3 Å². The molecule has 0 saturated carbocycles. The number of nitrogens with two attached hydrogens (primary N) is 1. The third-order valence-corrected chi connectivity index (χ3v) is 4.66. The van der Waals surface area contributed by atoms with E-state index in [-0.39, 0.29) is 5.92 Å². The van der Waals surface area contributed by atoms with Crippen LogP contribution < -0.4 is 10.5 Å². The highest BCUT2D eigenvalue weighted by molar-refractivity contribution is 6.31. The van der Waals surface area contributed by atoms with Gasteiger partial charge in [0.15, 0.2) is 0 Å². The van der Waals surface area contributed by atoms with Crippen molar-refractivity contribution in [1.29, 1.82) is 0 Å². The van der Waals surface area contributed by atoms with Crippen LogP contribution in [0.5, 0.6) is 5.75 Å². The zero-order valence-corrected chi connectivity index (χ0v) is 13.5. The van der Waals surface area contributed by atoms with Crippen molar-refractivity contribution in [3.05, 3.63) is 64.7 Å². The summed E-state index contributed by atoms with van der Waals surface area (Å²) < 4.78 is 5.31. The first-order valence-electron chi connectivity index (χ1n) is 7.20. The lowest BCUT2D eigenvalue weighted by Crippen LogP contribution is -2.41. The van der Waals surface area contributed by atoms with Crippen molar-refractivity contribution >= 4 is 11.6 Å². The van der Waals surface area contributed by atoms with Crippen LogP contribution in [0.15, 0.2) is 48.5 Å². The van der Waals surface area contributed by atoms with Crippen LogP contribution in [0.25, 0.3) is 0 Å². The Bertz CT molecular complexity index is 614. The van der Waals surface area contributed by atoms with E-state index < -0.39 is 5.54 Å². The van der Waals surface area contributed by atoms with E-state index >= 15 is 0 Å². The summed E-state index contributed by atoms with van der Waals surface area (Å²) in [6.45, 7) is 4.24. The molecule has 3 heteroatoms. The van der Waals surface area contributed by atoms with Gasteiger partial charge in [-0.1, -0.05) is 55.8 Å². The first-order valence-corrected chi connectivity index (χ1v) is 7.58. The fraction of sp³-hybridized carbons (Fsp3) is 0.333. The Morgan fingerprint density at radius 3 is 2.52 bits per heavy atom. The lowest BCUT2D eigenvalue weighted by molar-refractivity contribution is 0.357. The molecule has 21 heavy (non-hydrogen) atoms. The number of halogens is 1. The van der Waals surface area contributed by atoms with Crippen LogP contribution in [-0.2, 0) is 5.54 Å². The molecule has 0 aliphatic heterocycles. The summed E-state index contributed by atoms with van der Waals surface area (Å²) in [5.41, 5.74) is 8.39. The smallest absolute Gasteiger partial charge is 0.119 e. The van der Waals surface area contributed by atoms with E-state index in [9.17, 15) is 0 Å². The molecule has 2 nitrogen and oxygen atoms in total. The molecule has 2 rings (SSSR count). The Morgan fingerprint density at radius 1 is 1.19 bits per heavy atom. The lowest BCUT2D eigenvalue weighted by atomic mass is 9.74. The van der Waals surface area contributed by atoms with Crippen molar-refractivity contribution in [3.8, 4) is 5.75 Å². The van der Waals surface area contributed by atoms with Crippen molar-refractivity contribution in [1.82, 2.24) is 0 Å². The summed E-state index contributed by atoms with van der Waals surface area (Å²) in [5.74, 6) is 0.967. The summed E-state index contributed by atoms with van der Waals surface area (Å²) >= 11 is 6.37. The molecule has 2 atom stereocenters. The third-order valence-electron chi connectivity index (χ3n) is 4.33. The van der Waals surface area contributed by atoms with Gasteiger partial charge in [0, 0.05) is 16.5 Å². The van der Waals surface area contributed by atoms with E-state index in [1.165, 1.54) is 0 Å². The molecule has 0 aromatic heterocycles. The van der Waals surface area contributed by atoms with Crippen molar-refractivity contribution in [2.75, 3.05) is 7.11 Å². The van der Waals surface area contributed by atoms with Gasteiger partial charge in [-0.05, 0) is 35.7 Å². The monoisotopic (exact) mass is 303 g/mol. The highest BCUT2D eigenvalue weighted by Gasteiger charge is 2.34. The standard InChI is InChI=1S/C18H22ClNO/c1-4-18(20,16-10-5-6-11-17(16)19)13(2)14-8-7-9-15(12-14)21-3/h5-13H,4,20H2,1-3H3. The number of benzene rings is 2. The number of methoxy groups -OCH3 is 1. The molecule has 2 unspecified atom stereocenters. The van der Waals surface area contributed by atoms with E-state index in [1.807, 2.05) is 42.5 Å². The van der Waals surface area contributed by atoms with E-state index in [0.717, 1.165) is 28.3 Å². The van der Waals surface area contributed by atoms with Crippen molar-refractivity contribution in [2.24, 2.45) is 5.73 Å². The van der Waals surface area contributed by atoms with Gasteiger partial charge in [-0.15, -0.1) is 0 Å². The van der Waals surface area contributed by atoms with Gasteiger partial charge in [-0.3, -0.25) is 0 Å². The van der Waals surface area contributed by atoms with Crippen LogP contribution in [0.2, 0.25) is 5.02 Å². The molecule has 2 aromatic rings. The quantitative estimate of drug-likeness (QED) is 0.867. The highest BCUT2D eigenvalue weighted by Crippen LogP contribution is 2.40. The second kappa shape index (κ2) is 6.50. The fourth-order valence-electron chi connectivity index (χ4n) is 2.78. The van der Waals surface area contributed by atoms with Crippen LogP contribution in [0.4, 0.5) is 0 Å². The summed E-state index contributed by atoms with van der Waals surface area (Å²) in [7, 11) is 1.67. The Kier molecular flexibility index (Phi) is 4.92. The van der Waals surface area contributed by atoms with Gasteiger partial charge in [-0.25, -0.2) is 0 Å². The molecule has 0 radical (unpaired) electrons. The number of ether oxygens (including phenoxy) is 1. The molecule has 0 heterocycles. The topological polar surface area (TPSA) is 35.2 Å². The van der Waals surface area contributed by atoms with E-state index in [2.05, 4.69) is 19.9 Å². The summed E-state index contributed by atoms with van der Waals surface area (Å²) in [6.07, 6.45) is 0.801. The minimum absolute atomic E-state index is 0.123. The maximum absolute atomic E-state index is 6.76. The first kappa shape index (κ1) is 15.9. The minimum atomic E-state index is -0.509. The molecule has 0 saturated heterocycles. The van der Waals surface area contributed by atoms with Crippen molar-refractivity contribution < 1.29 is 4.74 Å². The predicted octanol–water partition coefficient (Wildman–Crippen LogP) is 4.72. The highest BCUT2D eigenvalue weighted by atomic mass is 35.5. The average molecular weight is 304 g/mol. The van der Waals surface area contributed by atoms with E-state index in [4.69, 9.17) is 22.1 Å². The lowest BCUT2D eigenvalue weighted by Gasteiger charge is -2.36. The van der Waals surface area contributed by atoms with Crippen LogP contribution in [-0.4, -0.2) is 7.11 Å². The molecular formula is C18H22ClNO. The summed E-state index contributed by atoms with van der Waals surface area (Å²) in [6, 6.07) is 15.9. The van der Waals surface area contributed by atoms with Gasteiger partial charge >= 0.3 is 0 Å². The maximum Gasteiger partial charge on any atom is 0.119 e. The summed E-state index contributed by atoms with van der Waals surface area (Å²) in [5, 5.41) is 0.719. The number of hydrogen-bond donors (Lipinski definition) is 1. The van der Waals surface area contributed by atoms with Gasteiger partial charge < -0.3 is 10.5 Å². The van der Waals surface area contributed by atoms with Gasteiger partial charge in [-0.2, -0.15) is 0 Å². The van der Waals surface area contributed by atoms with Gasteiger partial charge in [0.25, 0.3) is 0 Å². The fourth-order valence-corrected chi connectivity index (χ4v) is 3.09. The van der Waals surface area contributed by atoms with E-state index in [1.54, 1.807) is 7.11 Å². The molecule has 0 spiro atoms. The second-order valence-electron chi connectivity index (χ2n) is 5.37. The van der Waals surface area contributed by atoms with Gasteiger partial charge in [0.2, 0.25) is 0 Å². The zero-order chi connectivity index (χ0) is 15.5. The third kappa shape index (κ3) is 3.07. The Balaban J connectivity index is 2.46. The summed E-state index contributed by atoms with van der Waals surface area (Å²) in [4.78, 5) is 0. The molecular weight excluding hydrogens is 282 g/mol. The molecule has 0 aliphatic carbocycles. The largest absolute Gasteiger partial charge is 0.497 e. The Morgan fingerprint density at radius 2 is 1.90 bits per heavy atom. The number of hydrogen-bond acceptors (Lipinski definition) is 2. The van der Waals surface area contributed by atoms with Crippen LogP contribution in [0, 0.1) is 0 Å². The van der Waals surface area contributed by atoms with Crippen molar-refractivity contribution in [2.45, 2.75) is 31.7 Å². The molecule has 112 valence electrons. The Hall–Kier alpha value is -1.51. The molecule has 0 amide bonds. The van der Waals surface area contributed by atoms with Crippen molar-refractivity contribution in [3.63, 3.8) is 0 Å². The second-order valence-corrected chi connectivity index (χ2v) is 5.78. The van der Waals surface area contributed by atoms with Crippen LogP contribution in [0.3, 0.4) is 0 Å². The molecule has 2 N–H and O–H groups in total. The zero-order valence-electron chi connectivity index (χ0n) is 12.8. The molecule has 0 aliphatic rings. The molecule has 2 aromatic carbocycles. The van der Waals surface area contributed by atoms with Gasteiger partial charge in [0.1, 0.15) is 5.75 Å². The van der Waals surface area contributed by atoms with E-state index in [0.29, 0.717) is 0 Å². The average Bonchev–Trinajstić information content (AvgIpc) is 2.54. The minimum Gasteiger partial charge on any atom is -0.497 e. The first-order chi connectivity index (χ1) is 10.0. The molecule has 0 bridgehead atoms. The van der Waals surface area contributed by atoms with Gasteiger partial charge in [0.05, 0.1) is 7.11 Å². The maximum atomic E-state index is 6.76. The Labute approximate surface area is 131 Å². The normalized spacial score (nSPS) is 15.3. The predicted molar refractivity (Wildman–Crippen MR) is 89.0 cm³/mol. The van der Waals surface area contributed by atoms with Crippen LogP contribution >= 0.6 is 11.6 Å². The number of rotatable bonds is 5. The molecule has 0 fully saturated rings. The SMILES string of the molecule is CCC(N)(c1ccccc1Cl)C(C)c1cccc(OC)c1.